The van der Waals surface area contributed by atoms with Gasteiger partial charge in [0.2, 0.25) is 0 Å². The number of hydrogen-bond donors (Lipinski definition) is 1. The Bertz CT molecular complexity index is 81.6. The van der Waals surface area contributed by atoms with Crippen molar-refractivity contribution in [3.63, 3.8) is 0 Å². The van der Waals surface area contributed by atoms with Gasteiger partial charge < -0.3 is 5.73 Å². The van der Waals surface area contributed by atoms with Crippen molar-refractivity contribution >= 4 is 0 Å². The molecule has 1 atom stereocenters. The van der Waals surface area contributed by atoms with Crippen LogP contribution in [0.15, 0.2) is 0 Å². The van der Waals surface area contributed by atoms with E-state index in [0.717, 1.165) is 12.8 Å². The van der Waals surface area contributed by atoms with E-state index in [1.807, 2.05) is 14.1 Å². The van der Waals surface area contributed by atoms with E-state index in [-0.39, 0.29) is 6.17 Å². The van der Waals surface area contributed by atoms with Gasteiger partial charge in [0.1, 0.15) is 0 Å². The SMILES string of the molecule is [CH2]CCCCCC(N)N(C)C. The minimum absolute atomic E-state index is 0.236. The number of nitrogens with two attached hydrogens (primary N) is 1. The van der Waals surface area contributed by atoms with E-state index < -0.39 is 0 Å². The molecule has 2 N–H and O–H groups in total. The lowest BCUT2D eigenvalue weighted by molar-refractivity contribution is 0.279. The molecule has 0 saturated heterocycles. The number of rotatable bonds is 6. The molecule has 0 amide bonds. The van der Waals surface area contributed by atoms with Gasteiger partial charge in [-0.2, -0.15) is 0 Å². The Morgan fingerprint density at radius 2 is 1.91 bits per heavy atom. The summed E-state index contributed by atoms with van der Waals surface area (Å²) in [5, 5.41) is 0. The first kappa shape index (κ1) is 10.9. The van der Waals surface area contributed by atoms with Gasteiger partial charge in [0, 0.05) is 0 Å². The van der Waals surface area contributed by atoms with Gasteiger partial charge >= 0.3 is 0 Å². The molecule has 0 spiro atoms. The monoisotopic (exact) mass is 157 g/mol. The smallest absolute Gasteiger partial charge is 0.0566 e. The Hall–Kier alpha value is -0.0800. The van der Waals surface area contributed by atoms with Crippen molar-refractivity contribution in [3.05, 3.63) is 6.92 Å². The number of hydrogen-bond acceptors (Lipinski definition) is 2. The van der Waals surface area contributed by atoms with Crippen LogP contribution in [0.25, 0.3) is 0 Å². The van der Waals surface area contributed by atoms with Crippen LogP contribution in [0.3, 0.4) is 0 Å². The third-order valence-electron chi connectivity index (χ3n) is 1.91. The Morgan fingerprint density at radius 3 is 2.36 bits per heavy atom. The quantitative estimate of drug-likeness (QED) is 0.469. The number of nitrogens with zero attached hydrogens (tertiary/aromatic N) is 1. The second-order valence-corrected chi connectivity index (χ2v) is 3.23. The fraction of sp³-hybridized carbons (Fsp3) is 0.889. The van der Waals surface area contributed by atoms with Gasteiger partial charge in [-0.25, -0.2) is 0 Å². The molecule has 0 aliphatic heterocycles. The van der Waals surface area contributed by atoms with Crippen LogP contribution in [0.2, 0.25) is 0 Å². The zero-order chi connectivity index (χ0) is 8.69. The molecule has 0 rings (SSSR count). The van der Waals surface area contributed by atoms with Crippen LogP contribution >= 0.6 is 0 Å². The van der Waals surface area contributed by atoms with Crippen molar-refractivity contribution in [1.29, 1.82) is 0 Å². The van der Waals surface area contributed by atoms with Crippen molar-refractivity contribution < 1.29 is 0 Å². The third-order valence-corrected chi connectivity index (χ3v) is 1.91. The van der Waals surface area contributed by atoms with Crippen LogP contribution in [0.4, 0.5) is 0 Å². The average Bonchev–Trinajstić information content (AvgIpc) is 1.97. The molecule has 0 heterocycles. The zero-order valence-electron chi connectivity index (χ0n) is 7.84. The van der Waals surface area contributed by atoms with Crippen molar-refractivity contribution in [1.82, 2.24) is 4.90 Å². The van der Waals surface area contributed by atoms with Crippen LogP contribution in [-0.2, 0) is 0 Å². The summed E-state index contributed by atoms with van der Waals surface area (Å²) in [6.45, 7) is 3.80. The molecule has 2 nitrogen and oxygen atoms in total. The van der Waals surface area contributed by atoms with Crippen molar-refractivity contribution in [3.8, 4) is 0 Å². The Balaban J connectivity index is 3.10. The summed E-state index contributed by atoms with van der Waals surface area (Å²) in [6, 6.07) is 0. The second-order valence-electron chi connectivity index (χ2n) is 3.23. The fourth-order valence-corrected chi connectivity index (χ4v) is 0.965. The molecule has 0 aliphatic rings. The van der Waals surface area contributed by atoms with Crippen LogP contribution in [0, 0.1) is 6.92 Å². The molecule has 0 aromatic carbocycles. The first-order valence-corrected chi connectivity index (χ1v) is 4.39. The van der Waals surface area contributed by atoms with Crippen LogP contribution in [0.5, 0.6) is 0 Å². The fourth-order valence-electron chi connectivity index (χ4n) is 0.965. The van der Waals surface area contributed by atoms with Crippen molar-refractivity contribution in [2.45, 2.75) is 38.3 Å². The molecule has 2 heteroatoms. The molecule has 0 aromatic rings. The molecule has 67 valence electrons. The molecule has 1 unspecified atom stereocenters. The van der Waals surface area contributed by atoms with Gasteiger partial charge in [-0.3, -0.25) is 4.90 Å². The molecule has 11 heavy (non-hydrogen) atoms. The largest absolute Gasteiger partial charge is 0.316 e. The summed E-state index contributed by atoms with van der Waals surface area (Å²) in [5.74, 6) is 0. The maximum Gasteiger partial charge on any atom is 0.0566 e. The molecule has 1 radical (unpaired) electrons. The predicted octanol–water partition coefficient (Wildman–Crippen LogP) is 1.62. The third kappa shape index (κ3) is 6.32. The van der Waals surface area contributed by atoms with E-state index in [9.17, 15) is 0 Å². The van der Waals surface area contributed by atoms with E-state index in [1.165, 1.54) is 19.3 Å². The lowest BCUT2D eigenvalue weighted by Gasteiger charge is -2.18. The maximum atomic E-state index is 5.81. The summed E-state index contributed by atoms with van der Waals surface area (Å²) >= 11 is 0. The van der Waals surface area contributed by atoms with Gasteiger partial charge in [0.15, 0.2) is 0 Å². The lowest BCUT2D eigenvalue weighted by Crippen LogP contribution is -2.35. The Kier molecular flexibility index (Phi) is 6.57. The first-order chi connectivity index (χ1) is 5.18. The summed E-state index contributed by atoms with van der Waals surface area (Å²) in [5.41, 5.74) is 5.81. The first-order valence-electron chi connectivity index (χ1n) is 4.39. The highest BCUT2D eigenvalue weighted by Gasteiger charge is 2.02. The molecule has 0 bridgehead atoms. The molecular formula is C9H21N2. The van der Waals surface area contributed by atoms with Crippen molar-refractivity contribution in [2.24, 2.45) is 5.73 Å². The molecule has 0 aromatic heterocycles. The van der Waals surface area contributed by atoms with Crippen LogP contribution < -0.4 is 5.73 Å². The standard InChI is InChI=1S/C9H21N2/c1-4-5-6-7-8-9(10)11(2)3/h9H,1,4-8,10H2,2-3H3. The average molecular weight is 157 g/mol. The molecule has 0 aliphatic carbocycles. The summed E-state index contributed by atoms with van der Waals surface area (Å²) in [4.78, 5) is 2.06. The van der Waals surface area contributed by atoms with Crippen molar-refractivity contribution in [2.75, 3.05) is 14.1 Å². The van der Waals surface area contributed by atoms with E-state index >= 15 is 0 Å². The number of unbranched alkanes of at least 4 members (excludes halogenated alkanes) is 3. The minimum Gasteiger partial charge on any atom is -0.316 e. The van der Waals surface area contributed by atoms with Gasteiger partial charge in [-0.1, -0.05) is 32.6 Å². The minimum atomic E-state index is 0.236. The zero-order valence-corrected chi connectivity index (χ0v) is 7.84. The van der Waals surface area contributed by atoms with E-state index in [0.29, 0.717) is 0 Å². The Morgan fingerprint density at radius 1 is 1.27 bits per heavy atom. The second kappa shape index (κ2) is 6.62. The highest BCUT2D eigenvalue weighted by Crippen LogP contribution is 2.04. The van der Waals surface area contributed by atoms with Crippen LogP contribution in [0.1, 0.15) is 32.1 Å². The summed E-state index contributed by atoms with van der Waals surface area (Å²) in [6.07, 6.45) is 6.13. The van der Waals surface area contributed by atoms with E-state index in [4.69, 9.17) is 5.73 Å². The van der Waals surface area contributed by atoms with Gasteiger partial charge in [-0.05, 0) is 20.5 Å². The molecular weight excluding hydrogens is 136 g/mol. The van der Waals surface area contributed by atoms with Gasteiger partial charge in [-0.15, -0.1) is 0 Å². The highest BCUT2D eigenvalue weighted by molar-refractivity contribution is 4.57. The van der Waals surface area contributed by atoms with Gasteiger partial charge in [0.25, 0.3) is 0 Å². The highest BCUT2D eigenvalue weighted by atomic mass is 15.2. The molecule has 0 fully saturated rings. The van der Waals surface area contributed by atoms with Crippen LogP contribution in [-0.4, -0.2) is 25.2 Å². The maximum absolute atomic E-state index is 5.81. The van der Waals surface area contributed by atoms with Gasteiger partial charge in [0.05, 0.1) is 6.17 Å². The normalized spacial score (nSPS) is 13.9. The topological polar surface area (TPSA) is 29.3 Å². The van der Waals surface area contributed by atoms with E-state index in [1.54, 1.807) is 0 Å². The molecule has 0 saturated carbocycles. The summed E-state index contributed by atoms with van der Waals surface area (Å²) in [7, 11) is 4.04. The predicted molar refractivity (Wildman–Crippen MR) is 50.1 cm³/mol. The van der Waals surface area contributed by atoms with E-state index in [2.05, 4.69) is 11.8 Å². The lowest BCUT2D eigenvalue weighted by atomic mass is 10.1. The Labute approximate surface area is 70.8 Å². The summed E-state index contributed by atoms with van der Waals surface area (Å²) < 4.78 is 0.